The van der Waals surface area contributed by atoms with E-state index in [1.165, 1.54) is 0 Å². The summed E-state index contributed by atoms with van der Waals surface area (Å²) >= 11 is 0. The van der Waals surface area contributed by atoms with Crippen LogP contribution in [0.4, 0.5) is 0 Å². The third-order valence-corrected chi connectivity index (χ3v) is 3.00. The molecule has 0 N–H and O–H groups in total. The Kier molecular flexibility index (Phi) is 3.78. The van der Waals surface area contributed by atoms with E-state index in [2.05, 4.69) is 15.2 Å². The molecule has 19 heavy (non-hydrogen) atoms. The Bertz CT molecular complexity index is 606. The van der Waals surface area contributed by atoms with Crippen molar-refractivity contribution in [1.29, 1.82) is 0 Å². The number of hydrogen-bond donors (Lipinski definition) is 0. The van der Waals surface area contributed by atoms with Gasteiger partial charge in [0.15, 0.2) is 11.5 Å². The number of esters is 1. The molecule has 1 unspecified atom stereocenters. The summed E-state index contributed by atoms with van der Waals surface area (Å²) in [6.45, 7) is 7.87. The summed E-state index contributed by atoms with van der Waals surface area (Å²) in [5.41, 5.74) is 1.59. The second-order valence-electron chi connectivity index (χ2n) is 4.41. The van der Waals surface area contributed by atoms with Gasteiger partial charge in [0.1, 0.15) is 11.7 Å². The molecule has 0 saturated heterocycles. The molecule has 6 heteroatoms. The molecule has 2 rings (SSSR count). The maximum atomic E-state index is 12.0. The zero-order chi connectivity index (χ0) is 14.0. The molecular formula is C13H18N4O2. The van der Waals surface area contributed by atoms with Crippen LogP contribution in [0.25, 0.3) is 5.65 Å². The van der Waals surface area contributed by atoms with Crippen LogP contribution in [-0.2, 0) is 9.53 Å². The Hall–Kier alpha value is -1.98. The van der Waals surface area contributed by atoms with E-state index in [4.69, 9.17) is 4.74 Å². The molecule has 102 valence electrons. The number of fused-ring (bicyclic) bond motifs is 1. The molecule has 0 aliphatic heterocycles. The van der Waals surface area contributed by atoms with Gasteiger partial charge in [-0.3, -0.25) is 9.20 Å². The molecule has 0 radical (unpaired) electrons. The third-order valence-electron chi connectivity index (χ3n) is 3.00. The van der Waals surface area contributed by atoms with Gasteiger partial charge in [-0.05, 0) is 27.2 Å². The first-order valence-electron chi connectivity index (χ1n) is 6.44. The topological polar surface area (TPSA) is 69.4 Å². The Morgan fingerprint density at radius 3 is 2.74 bits per heavy atom. The van der Waals surface area contributed by atoms with Crippen molar-refractivity contribution in [2.75, 3.05) is 6.61 Å². The lowest BCUT2D eigenvalue weighted by Gasteiger charge is -2.12. The van der Waals surface area contributed by atoms with Gasteiger partial charge >= 0.3 is 5.97 Å². The second-order valence-corrected chi connectivity index (χ2v) is 4.41. The van der Waals surface area contributed by atoms with Crippen molar-refractivity contribution < 1.29 is 9.53 Å². The summed E-state index contributed by atoms with van der Waals surface area (Å²) < 4.78 is 6.91. The van der Waals surface area contributed by atoms with E-state index < -0.39 is 5.92 Å². The summed E-state index contributed by atoms with van der Waals surface area (Å²) in [5.74, 6) is 0.705. The van der Waals surface area contributed by atoms with Crippen LogP contribution in [-0.4, -0.2) is 32.2 Å². The molecule has 1 atom stereocenters. The Labute approximate surface area is 111 Å². The predicted molar refractivity (Wildman–Crippen MR) is 69.9 cm³/mol. The molecule has 2 heterocycles. The predicted octanol–water partition coefficient (Wildman–Crippen LogP) is 1.80. The monoisotopic (exact) mass is 262 g/mol. The lowest BCUT2D eigenvalue weighted by atomic mass is 10.1. The van der Waals surface area contributed by atoms with Gasteiger partial charge in [-0.15, -0.1) is 10.2 Å². The fourth-order valence-corrected chi connectivity index (χ4v) is 2.18. The van der Waals surface area contributed by atoms with Gasteiger partial charge in [0, 0.05) is 11.8 Å². The fourth-order valence-electron chi connectivity index (χ4n) is 2.18. The van der Waals surface area contributed by atoms with Crippen molar-refractivity contribution >= 4 is 11.6 Å². The number of carbonyl (C=O) groups excluding carboxylic acids is 1. The standard InChI is InChI=1S/C13H18N4O2/c1-5-10(13(18)19-6-2)12-16-15-11-7-8(3)14-9(4)17(11)12/h7,10H,5-6H2,1-4H3. The summed E-state index contributed by atoms with van der Waals surface area (Å²) in [5, 5.41) is 8.26. The zero-order valence-corrected chi connectivity index (χ0v) is 11.7. The van der Waals surface area contributed by atoms with E-state index >= 15 is 0 Å². The summed E-state index contributed by atoms with van der Waals surface area (Å²) in [7, 11) is 0. The molecular weight excluding hydrogens is 244 g/mol. The molecule has 0 saturated carbocycles. The van der Waals surface area contributed by atoms with Crippen molar-refractivity contribution in [1.82, 2.24) is 19.6 Å². The van der Waals surface area contributed by atoms with Crippen LogP contribution in [0.2, 0.25) is 0 Å². The zero-order valence-electron chi connectivity index (χ0n) is 11.7. The van der Waals surface area contributed by atoms with Gasteiger partial charge in [0.2, 0.25) is 0 Å². The summed E-state index contributed by atoms with van der Waals surface area (Å²) in [6.07, 6.45) is 0.618. The van der Waals surface area contributed by atoms with Crippen molar-refractivity contribution in [3.8, 4) is 0 Å². The minimum atomic E-state index is -0.404. The second kappa shape index (κ2) is 5.34. The van der Waals surface area contributed by atoms with Crippen molar-refractivity contribution in [3.63, 3.8) is 0 Å². The summed E-state index contributed by atoms with van der Waals surface area (Å²) in [4.78, 5) is 16.4. The average molecular weight is 262 g/mol. The van der Waals surface area contributed by atoms with Crippen LogP contribution in [0, 0.1) is 13.8 Å². The van der Waals surface area contributed by atoms with E-state index in [1.807, 2.05) is 31.2 Å². The largest absolute Gasteiger partial charge is 0.465 e. The quantitative estimate of drug-likeness (QED) is 0.786. The smallest absolute Gasteiger partial charge is 0.316 e. The van der Waals surface area contributed by atoms with E-state index in [0.717, 1.165) is 11.5 Å². The van der Waals surface area contributed by atoms with E-state index in [9.17, 15) is 4.79 Å². The summed E-state index contributed by atoms with van der Waals surface area (Å²) in [6, 6.07) is 1.85. The molecule has 0 spiro atoms. The third kappa shape index (κ3) is 2.43. The minimum absolute atomic E-state index is 0.265. The first-order valence-corrected chi connectivity index (χ1v) is 6.44. The Balaban J connectivity index is 2.52. The highest BCUT2D eigenvalue weighted by Crippen LogP contribution is 2.21. The van der Waals surface area contributed by atoms with Crippen LogP contribution in [0.1, 0.15) is 43.5 Å². The van der Waals surface area contributed by atoms with E-state index in [1.54, 1.807) is 6.92 Å². The molecule has 6 nitrogen and oxygen atoms in total. The number of aryl methyl sites for hydroxylation is 2. The maximum Gasteiger partial charge on any atom is 0.316 e. The fraction of sp³-hybridized carbons (Fsp3) is 0.538. The SMILES string of the molecule is CCOC(=O)C(CC)c1nnc2cc(C)nc(C)n12. The molecule has 0 aromatic carbocycles. The van der Waals surface area contributed by atoms with Crippen LogP contribution < -0.4 is 0 Å². The van der Waals surface area contributed by atoms with Crippen LogP contribution in [0.5, 0.6) is 0 Å². The first kappa shape index (κ1) is 13.5. The van der Waals surface area contributed by atoms with Gasteiger partial charge in [-0.2, -0.15) is 0 Å². The number of ether oxygens (including phenoxy) is 1. The van der Waals surface area contributed by atoms with Crippen LogP contribution >= 0.6 is 0 Å². The lowest BCUT2D eigenvalue weighted by Crippen LogP contribution is -2.18. The highest BCUT2D eigenvalue weighted by Gasteiger charge is 2.26. The highest BCUT2D eigenvalue weighted by molar-refractivity contribution is 5.77. The van der Waals surface area contributed by atoms with Gasteiger partial charge in [-0.1, -0.05) is 6.92 Å². The van der Waals surface area contributed by atoms with E-state index in [0.29, 0.717) is 24.5 Å². The molecule has 2 aromatic rings. The van der Waals surface area contributed by atoms with Gasteiger partial charge < -0.3 is 4.74 Å². The number of carbonyl (C=O) groups is 1. The molecule has 0 aliphatic rings. The number of aromatic nitrogens is 4. The molecule has 2 aromatic heterocycles. The van der Waals surface area contributed by atoms with Gasteiger partial charge in [0.25, 0.3) is 0 Å². The van der Waals surface area contributed by atoms with Crippen LogP contribution in [0.15, 0.2) is 6.07 Å². The Morgan fingerprint density at radius 1 is 1.37 bits per heavy atom. The number of nitrogens with zero attached hydrogens (tertiary/aromatic N) is 4. The molecule has 0 aliphatic carbocycles. The number of rotatable bonds is 4. The van der Waals surface area contributed by atoms with Crippen LogP contribution in [0.3, 0.4) is 0 Å². The molecule has 0 fully saturated rings. The first-order chi connectivity index (χ1) is 9.08. The van der Waals surface area contributed by atoms with Crippen molar-refractivity contribution in [2.24, 2.45) is 0 Å². The van der Waals surface area contributed by atoms with E-state index in [-0.39, 0.29) is 5.97 Å². The molecule has 0 amide bonds. The van der Waals surface area contributed by atoms with Crippen molar-refractivity contribution in [2.45, 2.75) is 40.0 Å². The van der Waals surface area contributed by atoms with Gasteiger partial charge in [0.05, 0.1) is 6.61 Å². The Morgan fingerprint density at radius 2 is 2.11 bits per heavy atom. The minimum Gasteiger partial charge on any atom is -0.465 e. The number of hydrogen-bond acceptors (Lipinski definition) is 5. The maximum absolute atomic E-state index is 12.0. The lowest BCUT2D eigenvalue weighted by molar-refractivity contribution is -0.145. The average Bonchev–Trinajstić information content (AvgIpc) is 2.74. The molecule has 0 bridgehead atoms. The van der Waals surface area contributed by atoms with Gasteiger partial charge in [-0.25, -0.2) is 4.98 Å². The highest BCUT2D eigenvalue weighted by atomic mass is 16.5. The van der Waals surface area contributed by atoms with Crippen molar-refractivity contribution in [3.05, 3.63) is 23.4 Å². The normalized spacial score (nSPS) is 12.6.